The van der Waals surface area contributed by atoms with E-state index in [1.807, 2.05) is 12.1 Å². The summed E-state index contributed by atoms with van der Waals surface area (Å²) in [5, 5.41) is 13.5. The van der Waals surface area contributed by atoms with Crippen LogP contribution in [-0.2, 0) is 4.79 Å². The molecule has 0 bridgehead atoms. The molecule has 0 spiro atoms. The summed E-state index contributed by atoms with van der Waals surface area (Å²) >= 11 is 4.85. The molecule has 0 aliphatic carbocycles. The van der Waals surface area contributed by atoms with Crippen LogP contribution >= 0.6 is 27.3 Å². The molecule has 7 heteroatoms. The Labute approximate surface area is 126 Å². The Hall–Kier alpha value is -1.99. The second-order valence-corrected chi connectivity index (χ2v) is 6.64. The number of nitro groups is 1. The first-order valence-corrected chi connectivity index (χ1v) is 7.23. The lowest BCUT2D eigenvalue weighted by atomic mass is 10.1. The number of hydrogen-bond donors (Lipinski definition) is 1. The normalized spacial score (nSPS) is 15.2. The van der Waals surface area contributed by atoms with Gasteiger partial charge in [0, 0.05) is 28.3 Å². The number of thiophene rings is 1. The van der Waals surface area contributed by atoms with E-state index in [0.717, 1.165) is 8.66 Å². The third kappa shape index (κ3) is 2.25. The molecule has 5 nitrogen and oxygen atoms in total. The number of anilines is 1. The standard InChI is InChI=1S/C13H7BrN2O3S/c14-12-4-2-8(20-12)6-10-9-5-7(16(18)19)1-3-11(9)15-13(10)17/h1-6H,(H,15,17)/b10-6-. The van der Waals surface area contributed by atoms with Crippen LogP contribution in [0.3, 0.4) is 0 Å². The first-order chi connectivity index (χ1) is 9.54. The van der Waals surface area contributed by atoms with Gasteiger partial charge in [-0.05, 0) is 40.2 Å². The summed E-state index contributed by atoms with van der Waals surface area (Å²) in [5.74, 6) is -0.245. The van der Waals surface area contributed by atoms with Crippen molar-refractivity contribution in [3.63, 3.8) is 0 Å². The first-order valence-electron chi connectivity index (χ1n) is 5.62. The lowest BCUT2D eigenvalue weighted by Crippen LogP contribution is -2.03. The van der Waals surface area contributed by atoms with Crippen LogP contribution in [-0.4, -0.2) is 10.8 Å². The molecule has 1 aliphatic rings. The molecule has 0 fully saturated rings. The largest absolute Gasteiger partial charge is 0.321 e. The molecular formula is C13H7BrN2O3S. The minimum atomic E-state index is -0.470. The van der Waals surface area contributed by atoms with E-state index in [0.29, 0.717) is 16.8 Å². The predicted molar refractivity (Wildman–Crippen MR) is 81.6 cm³/mol. The average Bonchev–Trinajstić information content (AvgIpc) is 2.94. The number of amides is 1. The topological polar surface area (TPSA) is 72.2 Å². The number of nitrogens with one attached hydrogen (secondary N) is 1. The van der Waals surface area contributed by atoms with E-state index < -0.39 is 4.92 Å². The third-order valence-electron chi connectivity index (χ3n) is 2.88. The highest BCUT2D eigenvalue weighted by Gasteiger charge is 2.26. The summed E-state index contributed by atoms with van der Waals surface area (Å²) in [5.41, 5.74) is 1.58. The SMILES string of the molecule is O=C1Nc2ccc([N+](=O)[O-])cc2/C1=C/c1ccc(Br)s1. The fraction of sp³-hybridized carbons (Fsp3) is 0. The summed E-state index contributed by atoms with van der Waals surface area (Å²) in [6.45, 7) is 0. The van der Waals surface area contributed by atoms with Gasteiger partial charge in [-0.25, -0.2) is 0 Å². The van der Waals surface area contributed by atoms with Crippen LogP contribution in [0.15, 0.2) is 34.1 Å². The smallest absolute Gasteiger partial charge is 0.270 e. The predicted octanol–water partition coefficient (Wildman–Crippen LogP) is 3.91. The monoisotopic (exact) mass is 350 g/mol. The molecule has 1 amide bonds. The zero-order valence-corrected chi connectivity index (χ0v) is 12.3. The fourth-order valence-electron chi connectivity index (χ4n) is 1.98. The fourth-order valence-corrected chi connectivity index (χ4v) is 3.35. The van der Waals surface area contributed by atoms with Crippen LogP contribution in [0.2, 0.25) is 0 Å². The number of rotatable bonds is 2. The highest BCUT2D eigenvalue weighted by molar-refractivity contribution is 9.11. The highest BCUT2D eigenvalue weighted by Crippen LogP contribution is 2.36. The number of hydrogen-bond acceptors (Lipinski definition) is 4. The Morgan fingerprint density at radius 2 is 2.10 bits per heavy atom. The van der Waals surface area contributed by atoms with Crippen molar-refractivity contribution in [3.05, 3.63) is 54.7 Å². The molecule has 20 heavy (non-hydrogen) atoms. The van der Waals surface area contributed by atoms with Crippen molar-refractivity contribution in [2.75, 3.05) is 5.32 Å². The Balaban J connectivity index is 2.10. The molecule has 0 unspecified atom stereocenters. The van der Waals surface area contributed by atoms with Gasteiger partial charge in [0.25, 0.3) is 11.6 Å². The van der Waals surface area contributed by atoms with Crippen molar-refractivity contribution in [3.8, 4) is 0 Å². The maximum atomic E-state index is 12.0. The van der Waals surface area contributed by atoms with Gasteiger partial charge in [-0.2, -0.15) is 0 Å². The van der Waals surface area contributed by atoms with Crippen LogP contribution in [0, 0.1) is 10.1 Å². The lowest BCUT2D eigenvalue weighted by molar-refractivity contribution is -0.384. The number of non-ortho nitro benzene ring substituents is 1. The number of halogens is 1. The molecule has 0 saturated carbocycles. The minimum Gasteiger partial charge on any atom is -0.321 e. The molecular weight excluding hydrogens is 344 g/mol. The summed E-state index contributed by atoms with van der Waals surface area (Å²) in [7, 11) is 0. The molecule has 1 aromatic carbocycles. The van der Waals surface area contributed by atoms with Crippen molar-refractivity contribution in [1.82, 2.24) is 0 Å². The molecule has 100 valence electrons. The molecule has 3 rings (SSSR count). The molecule has 1 aliphatic heterocycles. The van der Waals surface area contributed by atoms with Gasteiger partial charge < -0.3 is 5.32 Å². The number of nitro benzene ring substituents is 1. The van der Waals surface area contributed by atoms with Gasteiger partial charge in [0.2, 0.25) is 0 Å². The Morgan fingerprint density at radius 3 is 2.75 bits per heavy atom. The molecule has 2 heterocycles. The maximum absolute atomic E-state index is 12.0. The van der Waals surface area contributed by atoms with Crippen molar-refractivity contribution >= 4 is 56.2 Å². The molecule has 0 atom stereocenters. The van der Waals surface area contributed by atoms with Gasteiger partial charge in [0.05, 0.1) is 14.3 Å². The lowest BCUT2D eigenvalue weighted by Gasteiger charge is -1.98. The van der Waals surface area contributed by atoms with Crippen LogP contribution in [0.25, 0.3) is 11.6 Å². The number of carbonyl (C=O) groups excluding carboxylic acids is 1. The van der Waals surface area contributed by atoms with Crippen LogP contribution in [0.5, 0.6) is 0 Å². The van der Waals surface area contributed by atoms with Crippen molar-refractivity contribution in [2.24, 2.45) is 0 Å². The van der Waals surface area contributed by atoms with E-state index in [9.17, 15) is 14.9 Å². The van der Waals surface area contributed by atoms with E-state index in [1.165, 1.54) is 23.5 Å². The molecule has 1 N–H and O–H groups in total. The second kappa shape index (κ2) is 4.84. The first kappa shape index (κ1) is 13.0. The van der Waals surface area contributed by atoms with Gasteiger partial charge in [0.15, 0.2) is 0 Å². The van der Waals surface area contributed by atoms with Crippen LogP contribution < -0.4 is 5.32 Å². The van der Waals surface area contributed by atoms with E-state index in [-0.39, 0.29) is 11.6 Å². The number of benzene rings is 1. The quantitative estimate of drug-likeness (QED) is 0.507. The second-order valence-electron chi connectivity index (χ2n) is 4.14. The van der Waals surface area contributed by atoms with Gasteiger partial charge in [-0.1, -0.05) is 0 Å². The van der Waals surface area contributed by atoms with E-state index in [1.54, 1.807) is 12.1 Å². The van der Waals surface area contributed by atoms with Crippen molar-refractivity contribution in [2.45, 2.75) is 0 Å². The number of carbonyl (C=O) groups is 1. The summed E-state index contributed by atoms with van der Waals surface area (Å²) in [6.07, 6.45) is 1.74. The van der Waals surface area contributed by atoms with E-state index in [4.69, 9.17) is 0 Å². The van der Waals surface area contributed by atoms with Gasteiger partial charge in [-0.3, -0.25) is 14.9 Å². The van der Waals surface area contributed by atoms with E-state index in [2.05, 4.69) is 21.2 Å². The Morgan fingerprint density at radius 1 is 1.30 bits per heavy atom. The van der Waals surface area contributed by atoms with Crippen LogP contribution in [0.4, 0.5) is 11.4 Å². The van der Waals surface area contributed by atoms with Gasteiger partial charge in [-0.15, -0.1) is 11.3 Å². The Bertz CT molecular complexity index is 767. The Kier molecular flexibility index (Phi) is 3.15. The summed E-state index contributed by atoms with van der Waals surface area (Å²) < 4.78 is 0.960. The maximum Gasteiger partial charge on any atom is 0.270 e. The van der Waals surface area contributed by atoms with Crippen LogP contribution in [0.1, 0.15) is 10.4 Å². The van der Waals surface area contributed by atoms with Gasteiger partial charge >= 0.3 is 0 Å². The summed E-state index contributed by atoms with van der Waals surface area (Å²) in [4.78, 5) is 23.2. The van der Waals surface area contributed by atoms with Crippen molar-refractivity contribution in [1.29, 1.82) is 0 Å². The molecule has 0 saturated heterocycles. The molecule has 1 aromatic heterocycles. The molecule has 2 aromatic rings. The number of fused-ring (bicyclic) bond motifs is 1. The van der Waals surface area contributed by atoms with Crippen molar-refractivity contribution < 1.29 is 9.72 Å². The van der Waals surface area contributed by atoms with E-state index >= 15 is 0 Å². The zero-order chi connectivity index (χ0) is 14.3. The average molecular weight is 351 g/mol. The zero-order valence-electron chi connectivity index (χ0n) is 9.92. The minimum absolute atomic E-state index is 0.0292. The van der Waals surface area contributed by atoms with Gasteiger partial charge in [0.1, 0.15) is 0 Å². The number of nitrogens with zero attached hydrogens (tertiary/aromatic N) is 1. The summed E-state index contributed by atoms with van der Waals surface area (Å²) in [6, 6.07) is 8.12. The third-order valence-corrected chi connectivity index (χ3v) is 4.45. The highest BCUT2D eigenvalue weighted by atomic mass is 79.9. The molecule has 0 radical (unpaired) electrons.